The van der Waals surface area contributed by atoms with Gasteiger partial charge in [-0.15, -0.1) is 0 Å². The number of carbonyl (C=O) groups is 1. The van der Waals surface area contributed by atoms with E-state index in [1.54, 1.807) is 43.5 Å². The number of allylic oxidation sites excluding steroid dienone is 1. The number of aromatic nitrogens is 2. The summed E-state index contributed by atoms with van der Waals surface area (Å²) in [5.41, 5.74) is 2.69. The molecule has 0 aliphatic heterocycles. The molecule has 3 aromatic rings. The lowest BCUT2D eigenvalue weighted by molar-refractivity contribution is 0.0954. The molecule has 0 saturated heterocycles. The fourth-order valence-corrected chi connectivity index (χ4v) is 4.43. The monoisotopic (exact) mass is 465 g/mol. The Labute approximate surface area is 197 Å². The van der Waals surface area contributed by atoms with Crippen molar-refractivity contribution in [2.24, 2.45) is 0 Å². The van der Waals surface area contributed by atoms with Gasteiger partial charge in [-0.25, -0.2) is 0 Å². The molecule has 2 N–H and O–H groups in total. The predicted octanol–water partition coefficient (Wildman–Crippen LogP) is 4.69. The van der Waals surface area contributed by atoms with E-state index in [0.29, 0.717) is 40.2 Å². The predicted molar refractivity (Wildman–Crippen MR) is 131 cm³/mol. The van der Waals surface area contributed by atoms with Crippen molar-refractivity contribution in [1.29, 1.82) is 0 Å². The van der Waals surface area contributed by atoms with Crippen LogP contribution in [0.1, 0.15) is 42.5 Å². The van der Waals surface area contributed by atoms with Crippen LogP contribution >= 0.6 is 12.2 Å². The molecule has 172 valence electrons. The summed E-state index contributed by atoms with van der Waals surface area (Å²) in [6, 6.07) is 10.1. The molecule has 33 heavy (non-hydrogen) atoms. The molecule has 0 unspecified atom stereocenters. The van der Waals surface area contributed by atoms with Gasteiger partial charge in [0.25, 0.3) is 11.5 Å². The topological polar surface area (TPSA) is 85.4 Å². The molecule has 1 aliphatic carbocycles. The molecule has 0 atom stereocenters. The minimum absolute atomic E-state index is 0.170. The van der Waals surface area contributed by atoms with Gasteiger partial charge in [0.2, 0.25) is 0 Å². The van der Waals surface area contributed by atoms with Crippen molar-refractivity contribution in [3.63, 3.8) is 0 Å². The van der Waals surface area contributed by atoms with E-state index in [0.717, 1.165) is 19.3 Å². The van der Waals surface area contributed by atoms with Crippen LogP contribution in [0.3, 0.4) is 0 Å². The van der Waals surface area contributed by atoms with Crippen LogP contribution in [0.5, 0.6) is 11.5 Å². The summed E-state index contributed by atoms with van der Waals surface area (Å²) in [5.74, 6) is 0.879. The number of ether oxygens (including phenoxy) is 2. The van der Waals surface area contributed by atoms with Gasteiger partial charge in [-0.1, -0.05) is 11.6 Å². The van der Waals surface area contributed by atoms with Crippen LogP contribution in [0.25, 0.3) is 16.6 Å². The summed E-state index contributed by atoms with van der Waals surface area (Å²) in [6.45, 7) is 0.597. The Morgan fingerprint density at radius 1 is 1.12 bits per heavy atom. The smallest absolute Gasteiger partial charge is 0.266 e. The summed E-state index contributed by atoms with van der Waals surface area (Å²) in [7, 11) is 3.08. The van der Waals surface area contributed by atoms with Crippen molar-refractivity contribution in [2.75, 3.05) is 20.8 Å². The lowest BCUT2D eigenvalue weighted by Gasteiger charge is -2.13. The zero-order valence-electron chi connectivity index (χ0n) is 18.8. The summed E-state index contributed by atoms with van der Waals surface area (Å²) in [4.78, 5) is 29.0. The van der Waals surface area contributed by atoms with Crippen molar-refractivity contribution in [3.05, 3.63) is 68.7 Å². The maximum absolute atomic E-state index is 13.2. The van der Waals surface area contributed by atoms with Crippen LogP contribution in [-0.4, -0.2) is 36.2 Å². The molecule has 1 heterocycles. The molecular weight excluding hydrogens is 438 g/mol. The number of amides is 1. The second kappa shape index (κ2) is 10.0. The van der Waals surface area contributed by atoms with Gasteiger partial charge in [-0.05, 0) is 74.7 Å². The summed E-state index contributed by atoms with van der Waals surface area (Å²) >= 11 is 5.47. The van der Waals surface area contributed by atoms with Crippen molar-refractivity contribution in [3.8, 4) is 17.2 Å². The first-order valence-electron chi connectivity index (χ1n) is 11.0. The number of H-pyrrole nitrogens is 1. The number of hydrogen-bond acceptors (Lipinski definition) is 5. The van der Waals surface area contributed by atoms with Crippen LogP contribution in [0.4, 0.5) is 0 Å². The highest BCUT2D eigenvalue weighted by Gasteiger charge is 2.13. The number of carbonyl (C=O) groups excluding carboxylic acids is 1. The van der Waals surface area contributed by atoms with Gasteiger partial charge < -0.3 is 19.8 Å². The number of benzene rings is 2. The first kappa shape index (κ1) is 22.8. The summed E-state index contributed by atoms with van der Waals surface area (Å²) < 4.78 is 12.2. The molecule has 4 rings (SSSR count). The number of nitrogens with one attached hydrogen (secondary N) is 2. The average Bonchev–Trinajstić information content (AvgIpc) is 2.84. The molecule has 1 aromatic heterocycles. The number of methoxy groups -OCH3 is 2. The van der Waals surface area contributed by atoms with Crippen molar-refractivity contribution < 1.29 is 14.3 Å². The molecule has 1 amide bonds. The fourth-order valence-electron chi connectivity index (χ4n) is 4.13. The van der Waals surface area contributed by atoms with Crippen LogP contribution < -0.4 is 20.3 Å². The van der Waals surface area contributed by atoms with E-state index in [2.05, 4.69) is 16.4 Å². The van der Waals surface area contributed by atoms with E-state index >= 15 is 0 Å². The second-order valence-corrected chi connectivity index (χ2v) is 8.37. The standard InChI is InChI=1S/C25H27N3O4S/c1-31-21-11-9-18(15-22(21)32-2)28-24(30)19-10-8-17(14-20(19)27-25(28)33)23(29)26-13-12-16-6-4-3-5-7-16/h6,8-11,14-15H,3-5,7,12-13H2,1-2H3,(H,26,29)(H,27,33). The number of fused-ring (bicyclic) bond motifs is 1. The Hall–Kier alpha value is -3.39. The quantitative estimate of drug-likeness (QED) is 0.391. The number of rotatable bonds is 7. The van der Waals surface area contributed by atoms with Crippen LogP contribution in [0, 0.1) is 4.77 Å². The molecule has 0 bridgehead atoms. The second-order valence-electron chi connectivity index (χ2n) is 7.98. The van der Waals surface area contributed by atoms with E-state index in [1.807, 2.05) is 0 Å². The Morgan fingerprint density at radius 2 is 1.94 bits per heavy atom. The highest BCUT2D eigenvalue weighted by molar-refractivity contribution is 7.71. The first-order valence-corrected chi connectivity index (χ1v) is 11.4. The van der Waals surface area contributed by atoms with Gasteiger partial charge in [0, 0.05) is 18.2 Å². The molecule has 7 nitrogen and oxygen atoms in total. The maximum atomic E-state index is 13.2. The van der Waals surface area contributed by atoms with Gasteiger partial charge in [0.05, 0.1) is 30.8 Å². The Kier molecular flexibility index (Phi) is 6.93. The van der Waals surface area contributed by atoms with Crippen LogP contribution in [0.2, 0.25) is 0 Å². The zero-order valence-corrected chi connectivity index (χ0v) is 19.6. The molecule has 0 spiro atoms. The number of nitrogens with zero attached hydrogens (tertiary/aromatic N) is 1. The van der Waals surface area contributed by atoms with E-state index in [4.69, 9.17) is 21.7 Å². The van der Waals surface area contributed by atoms with Crippen molar-refractivity contribution in [1.82, 2.24) is 14.9 Å². The van der Waals surface area contributed by atoms with Crippen LogP contribution in [-0.2, 0) is 0 Å². The highest BCUT2D eigenvalue weighted by atomic mass is 32.1. The lowest BCUT2D eigenvalue weighted by Crippen LogP contribution is -2.25. The van der Waals surface area contributed by atoms with Gasteiger partial charge >= 0.3 is 0 Å². The maximum Gasteiger partial charge on any atom is 0.266 e. The highest BCUT2D eigenvalue weighted by Crippen LogP contribution is 2.29. The van der Waals surface area contributed by atoms with Gasteiger partial charge in [0.1, 0.15) is 0 Å². The summed E-state index contributed by atoms with van der Waals surface area (Å²) in [5, 5.41) is 3.40. The Morgan fingerprint density at radius 3 is 2.67 bits per heavy atom. The van der Waals surface area contributed by atoms with Gasteiger partial charge in [-0.2, -0.15) is 0 Å². The number of aromatic amines is 1. The third-order valence-electron chi connectivity index (χ3n) is 5.90. The van der Waals surface area contributed by atoms with E-state index in [1.165, 1.54) is 30.1 Å². The van der Waals surface area contributed by atoms with Gasteiger partial charge in [0.15, 0.2) is 16.3 Å². The minimum Gasteiger partial charge on any atom is -0.493 e. The fraction of sp³-hybridized carbons (Fsp3) is 0.320. The molecule has 1 aliphatic rings. The lowest BCUT2D eigenvalue weighted by atomic mass is 9.97. The molecule has 0 fully saturated rings. The van der Waals surface area contributed by atoms with Crippen molar-refractivity contribution >= 4 is 29.0 Å². The van der Waals surface area contributed by atoms with E-state index in [9.17, 15) is 9.59 Å². The third-order valence-corrected chi connectivity index (χ3v) is 6.19. The van der Waals surface area contributed by atoms with Crippen molar-refractivity contribution in [2.45, 2.75) is 32.1 Å². The Balaban J connectivity index is 1.60. The first-order chi connectivity index (χ1) is 16.0. The van der Waals surface area contributed by atoms with Gasteiger partial charge in [-0.3, -0.25) is 14.2 Å². The van der Waals surface area contributed by atoms with E-state index < -0.39 is 0 Å². The molecule has 8 heteroatoms. The minimum atomic E-state index is -0.280. The largest absolute Gasteiger partial charge is 0.493 e. The van der Waals surface area contributed by atoms with E-state index in [-0.39, 0.29) is 16.2 Å². The SMILES string of the molecule is COc1ccc(-n2c(=S)[nH]c3cc(C(=O)NCCC4=CCCCC4)ccc3c2=O)cc1OC. The third kappa shape index (κ3) is 4.85. The summed E-state index contributed by atoms with van der Waals surface area (Å²) in [6.07, 6.45) is 7.89. The molecule has 0 saturated carbocycles. The molecule has 0 radical (unpaired) electrons. The molecule has 2 aromatic carbocycles. The zero-order chi connectivity index (χ0) is 23.4. The Bertz CT molecular complexity index is 1340. The number of hydrogen-bond donors (Lipinski definition) is 2. The molecular formula is C25H27N3O4S. The van der Waals surface area contributed by atoms with Crippen LogP contribution in [0.15, 0.2) is 52.8 Å². The average molecular weight is 466 g/mol. The normalized spacial score (nSPS) is 13.5.